The molecule has 27 heavy (non-hydrogen) atoms. The molecule has 2 unspecified atom stereocenters. The summed E-state index contributed by atoms with van der Waals surface area (Å²) in [5.74, 6) is 0.422. The minimum Gasteiger partial charge on any atom is -0.307 e. The molecule has 0 spiro atoms. The molecule has 3 aliphatic rings. The minimum atomic E-state index is -0.517. The minimum absolute atomic E-state index is 0.0358. The number of amides is 2. The fourth-order valence-electron chi connectivity index (χ4n) is 4.40. The molecule has 1 aromatic rings. The van der Waals surface area contributed by atoms with E-state index >= 15 is 0 Å². The Balaban J connectivity index is 1.74. The number of fused-ring (bicyclic) bond motifs is 3. The van der Waals surface area contributed by atoms with E-state index in [4.69, 9.17) is 0 Å². The number of carbonyl (C=O) groups excluding carboxylic acids is 2. The van der Waals surface area contributed by atoms with Crippen LogP contribution in [-0.2, 0) is 9.59 Å². The summed E-state index contributed by atoms with van der Waals surface area (Å²) in [4.78, 5) is 26.1. The smallest absolute Gasteiger partial charge is 0.251 e. The highest BCUT2D eigenvalue weighted by Gasteiger charge is 2.42. The Morgan fingerprint density at radius 3 is 2.63 bits per heavy atom. The van der Waals surface area contributed by atoms with Crippen LogP contribution in [0.4, 0.5) is 0 Å². The number of hydrazone groups is 1. The lowest BCUT2D eigenvalue weighted by Gasteiger charge is -2.39. The molecule has 2 amide bonds. The number of aryl methyl sites for hydroxylation is 1. The molecular formula is C22H27N3O2. The summed E-state index contributed by atoms with van der Waals surface area (Å²) in [6.07, 6.45) is 9.88. The molecule has 0 aromatic heterocycles. The van der Waals surface area contributed by atoms with E-state index in [0.717, 1.165) is 49.7 Å². The number of nitrogens with zero attached hydrogens (tertiary/aromatic N) is 2. The molecule has 1 aromatic carbocycles. The van der Waals surface area contributed by atoms with Crippen LogP contribution in [0.1, 0.15) is 62.5 Å². The third-order valence-corrected chi connectivity index (χ3v) is 5.90. The molecule has 2 heterocycles. The SMILES string of the molecule is Cc1ccc(C2=NN3C(=O)CCCC/C=C4\CCCCC4C3C(=O)N2)cc1. The number of nitrogens with one attached hydrogen (secondary N) is 1. The number of rotatable bonds is 1. The molecule has 142 valence electrons. The monoisotopic (exact) mass is 365 g/mol. The molecule has 1 fully saturated rings. The first-order valence-electron chi connectivity index (χ1n) is 10.1. The average Bonchev–Trinajstić information content (AvgIpc) is 2.68. The maximum atomic E-state index is 13.1. The fraction of sp³-hybridized carbons (Fsp3) is 0.500. The van der Waals surface area contributed by atoms with E-state index in [-0.39, 0.29) is 17.7 Å². The Labute approximate surface area is 160 Å². The molecule has 1 aliphatic carbocycles. The van der Waals surface area contributed by atoms with Gasteiger partial charge in [-0.25, -0.2) is 5.01 Å². The lowest BCUT2D eigenvalue weighted by Crippen LogP contribution is -2.57. The Bertz CT molecular complexity index is 794. The zero-order chi connectivity index (χ0) is 18.8. The van der Waals surface area contributed by atoms with Gasteiger partial charge in [0.1, 0.15) is 6.04 Å². The Morgan fingerprint density at radius 2 is 1.81 bits per heavy atom. The van der Waals surface area contributed by atoms with E-state index in [9.17, 15) is 9.59 Å². The molecule has 2 atom stereocenters. The summed E-state index contributed by atoms with van der Waals surface area (Å²) >= 11 is 0. The van der Waals surface area contributed by atoms with Crippen LogP contribution in [0.2, 0.25) is 0 Å². The van der Waals surface area contributed by atoms with Crippen molar-refractivity contribution in [2.24, 2.45) is 11.0 Å². The highest BCUT2D eigenvalue weighted by atomic mass is 16.2. The van der Waals surface area contributed by atoms with Crippen LogP contribution in [-0.4, -0.2) is 28.7 Å². The maximum absolute atomic E-state index is 13.1. The van der Waals surface area contributed by atoms with Gasteiger partial charge in [0, 0.05) is 17.9 Å². The standard InChI is InChI=1S/C22H27N3O2/c1-15-11-13-17(14-12-15)21-23-22(27)20-18-9-6-5-8-16(18)7-3-2-4-10-19(26)25(20)24-21/h7,11-14,18,20H,2-6,8-10H2,1H3,(H,23,24,27)/b16-7+. The van der Waals surface area contributed by atoms with Crippen LogP contribution < -0.4 is 5.32 Å². The maximum Gasteiger partial charge on any atom is 0.251 e. The Hall–Kier alpha value is -2.43. The molecule has 0 radical (unpaired) electrons. The molecule has 5 heteroatoms. The lowest BCUT2D eigenvalue weighted by atomic mass is 9.77. The van der Waals surface area contributed by atoms with Crippen LogP contribution in [0.5, 0.6) is 0 Å². The van der Waals surface area contributed by atoms with Gasteiger partial charge in [0.2, 0.25) is 5.91 Å². The van der Waals surface area contributed by atoms with Crippen molar-refractivity contribution < 1.29 is 9.59 Å². The van der Waals surface area contributed by atoms with Crippen LogP contribution in [0.15, 0.2) is 41.0 Å². The molecule has 0 bridgehead atoms. The molecular weight excluding hydrogens is 338 g/mol. The Morgan fingerprint density at radius 1 is 1.04 bits per heavy atom. The van der Waals surface area contributed by atoms with Gasteiger partial charge in [0.15, 0.2) is 5.84 Å². The number of allylic oxidation sites excluding steroid dienone is 1. The summed E-state index contributed by atoms with van der Waals surface area (Å²) in [7, 11) is 0. The summed E-state index contributed by atoms with van der Waals surface area (Å²) in [5, 5.41) is 9.12. The van der Waals surface area contributed by atoms with E-state index in [1.54, 1.807) is 0 Å². The van der Waals surface area contributed by atoms with Gasteiger partial charge in [-0.05, 0) is 45.4 Å². The second-order valence-electron chi connectivity index (χ2n) is 7.86. The number of hydrogen-bond donors (Lipinski definition) is 1. The normalized spacial score (nSPS) is 28.3. The van der Waals surface area contributed by atoms with Gasteiger partial charge in [-0.1, -0.05) is 47.9 Å². The van der Waals surface area contributed by atoms with E-state index in [1.165, 1.54) is 17.0 Å². The quantitative estimate of drug-likeness (QED) is 0.772. The molecule has 0 saturated heterocycles. The van der Waals surface area contributed by atoms with Crippen molar-refractivity contribution in [3.05, 3.63) is 47.0 Å². The van der Waals surface area contributed by atoms with Gasteiger partial charge in [0.05, 0.1) is 0 Å². The topological polar surface area (TPSA) is 61.8 Å². The first kappa shape index (κ1) is 18.0. The zero-order valence-electron chi connectivity index (χ0n) is 15.9. The number of hydrogen-bond acceptors (Lipinski definition) is 3. The summed E-state index contributed by atoms with van der Waals surface area (Å²) in [5.41, 5.74) is 3.32. The largest absolute Gasteiger partial charge is 0.307 e. The van der Waals surface area contributed by atoms with E-state index in [2.05, 4.69) is 16.5 Å². The zero-order valence-corrected chi connectivity index (χ0v) is 15.9. The lowest BCUT2D eigenvalue weighted by molar-refractivity contribution is -0.143. The molecule has 4 rings (SSSR count). The number of carbonyl (C=O) groups is 2. The van der Waals surface area contributed by atoms with Crippen LogP contribution in [0.25, 0.3) is 0 Å². The van der Waals surface area contributed by atoms with Gasteiger partial charge in [-0.15, -0.1) is 0 Å². The summed E-state index contributed by atoms with van der Waals surface area (Å²) in [6.45, 7) is 2.02. The molecule has 2 aliphatic heterocycles. The van der Waals surface area contributed by atoms with Crippen LogP contribution in [0, 0.1) is 12.8 Å². The van der Waals surface area contributed by atoms with Gasteiger partial charge < -0.3 is 5.32 Å². The third kappa shape index (κ3) is 3.68. The van der Waals surface area contributed by atoms with Crippen LogP contribution in [0.3, 0.4) is 0 Å². The molecule has 1 saturated carbocycles. The highest BCUT2D eigenvalue weighted by molar-refractivity contribution is 6.11. The predicted octanol–water partition coefficient (Wildman–Crippen LogP) is 3.67. The second-order valence-corrected chi connectivity index (χ2v) is 7.86. The molecule has 5 nitrogen and oxygen atoms in total. The van der Waals surface area contributed by atoms with Crippen molar-refractivity contribution in [3.63, 3.8) is 0 Å². The van der Waals surface area contributed by atoms with Crippen LogP contribution >= 0.6 is 0 Å². The number of benzene rings is 1. The van der Waals surface area contributed by atoms with E-state index < -0.39 is 6.04 Å². The first-order valence-corrected chi connectivity index (χ1v) is 10.1. The number of amidine groups is 1. The van der Waals surface area contributed by atoms with Crippen molar-refractivity contribution in [3.8, 4) is 0 Å². The van der Waals surface area contributed by atoms with Crippen molar-refractivity contribution >= 4 is 17.6 Å². The second kappa shape index (κ2) is 7.67. The van der Waals surface area contributed by atoms with Gasteiger partial charge in [0.25, 0.3) is 5.91 Å². The van der Waals surface area contributed by atoms with E-state index in [1.807, 2.05) is 31.2 Å². The fourth-order valence-corrected chi connectivity index (χ4v) is 4.40. The Kier molecular flexibility index (Phi) is 5.10. The van der Waals surface area contributed by atoms with E-state index in [0.29, 0.717) is 12.3 Å². The van der Waals surface area contributed by atoms with Gasteiger partial charge >= 0.3 is 0 Å². The highest BCUT2D eigenvalue weighted by Crippen LogP contribution is 2.36. The van der Waals surface area contributed by atoms with Crippen molar-refractivity contribution in [1.29, 1.82) is 0 Å². The van der Waals surface area contributed by atoms with Gasteiger partial charge in [-0.3, -0.25) is 9.59 Å². The summed E-state index contributed by atoms with van der Waals surface area (Å²) in [6, 6.07) is 7.33. The summed E-state index contributed by atoms with van der Waals surface area (Å²) < 4.78 is 0. The first-order chi connectivity index (χ1) is 13.1. The molecule has 1 N–H and O–H groups in total. The third-order valence-electron chi connectivity index (χ3n) is 5.90. The van der Waals surface area contributed by atoms with Crippen molar-refractivity contribution in [2.45, 2.75) is 64.3 Å². The van der Waals surface area contributed by atoms with Crippen molar-refractivity contribution in [1.82, 2.24) is 10.3 Å². The van der Waals surface area contributed by atoms with Gasteiger partial charge in [-0.2, -0.15) is 5.10 Å². The average molecular weight is 365 g/mol. The predicted molar refractivity (Wildman–Crippen MR) is 105 cm³/mol. The van der Waals surface area contributed by atoms with Crippen molar-refractivity contribution in [2.75, 3.05) is 0 Å².